The second-order valence-corrected chi connectivity index (χ2v) is 6.01. The van der Waals surface area contributed by atoms with Crippen LogP contribution in [0.3, 0.4) is 0 Å². The molecule has 0 bridgehead atoms. The van der Waals surface area contributed by atoms with E-state index in [1.807, 2.05) is 0 Å². The van der Waals surface area contributed by atoms with Crippen LogP contribution in [0.25, 0.3) is 0 Å². The smallest absolute Gasteiger partial charge is 0.337 e. The van der Waals surface area contributed by atoms with Gasteiger partial charge in [0.1, 0.15) is 0 Å². The van der Waals surface area contributed by atoms with Crippen LogP contribution >= 0.6 is 23.4 Å². The van der Waals surface area contributed by atoms with Crippen molar-refractivity contribution in [1.29, 1.82) is 0 Å². The summed E-state index contributed by atoms with van der Waals surface area (Å²) in [4.78, 5) is 16.1. The van der Waals surface area contributed by atoms with Gasteiger partial charge in [-0.05, 0) is 31.0 Å². The third-order valence-electron chi connectivity index (χ3n) is 2.95. The molecule has 1 N–H and O–H groups in total. The van der Waals surface area contributed by atoms with Crippen LogP contribution in [0, 0.1) is 0 Å². The maximum absolute atomic E-state index is 11.0. The number of carboxylic acids is 1. The Balaban J connectivity index is 1.67. The van der Waals surface area contributed by atoms with Crippen LogP contribution in [0.2, 0.25) is 5.02 Å². The Bertz CT molecular complexity index is 655. The number of hydrogen-bond donors (Lipinski definition) is 1. The first-order valence-corrected chi connectivity index (χ1v) is 7.48. The van der Waals surface area contributed by atoms with Gasteiger partial charge in [0.05, 0.1) is 16.3 Å². The number of carbonyl (C=O) groups is 1. The topological polar surface area (TPSA) is 76.2 Å². The summed E-state index contributed by atoms with van der Waals surface area (Å²) in [6.45, 7) is 0. The van der Waals surface area contributed by atoms with Crippen LogP contribution in [-0.2, 0) is 5.75 Å². The fraction of sp³-hybridized carbons (Fsp3) is 0.308. The van der Waals surface area contributed by atoms with Crippen LogP contribution in [0.15, 0.2) is 27.6 Å². The predicted octanol–water partition coefficient (Wildman–Crippen LogP) is 3.59. The van der Waals surface area contributed by atoms with Gasteiger partial charge >= 0.3 is 5.97 Å². The van der Waals surface area contributed by atoms with Gasteiger partial charge in [0, 0.05) is 10.8 Å². The highest BCUT2D eigenvalue weighted by Crippen LogP contribution is 2.39. The zero-order valence-electron chi connectivity index (χ0n) is 10.4. The Hall–Kier alpha value is -1.53. The van der Waals surface area contributed by atoms with Crippen molar-refractivity contribution in [2.24, 2.45) is 0 Å². The molecule has 1 aliphatic carbocycles. The van der Waals surface area contributed by atoms with Crippen LogP contribution in [0.5, 0.6) is 0 Å². The lowest BCUT2D eigenvalue weighted by molar-refractivity contribution is 0.0697. The summed E-state index contributed by atoms with van der Waals surface area (Å²) in [5.41, 5.74) is 0.100. The van der Waals surface area contributed by atoms with E-state index < -0.39 is 5.97 Å². The van der Waals surface area contributed by atoms with Crippen molar-refractivity contribution in [1.82, 2.24) is 10.1 Å². The maximum atomic E-state index is 11.0. The molecule has 0 unspecified atom stereocenters. The number of halogens is 1. The molecule has 0 amide bonds. The molecule has 0 atom stereocenters. The molecular weight excluding hydrogens is 300 g/mol. The van der Waals surface area contributed by atoms with Crippen molar-refractivity contribution in [3.63, 3.8) is 0 Å². The largest absolute Gasteiger partial charge is 0.478 e. The average molecular weight is 311 g/mol. The van der Waals surface area contributed by atoms with Gasteiger partial charge < -0.3 is 9.63 Å². The quantitative estimate of drug-likeness (QED) is 0.850. The van der Waals surface area contributed by atoms with Crippen LogP contribution in [0.1, 0.15) is 40.8 Å². The van der Waals surface area contributed by atoms with Crippen molar-refractivity contribution in [3.05, 3.63) is 40.5 Å². The molecule has 1 aromatic carbocycles. The number of carboxylic acid groups (broad SMARTS) is 1. The Morgan fingerprint density at radius 2 is 2.30 bits per heavy atom. The molecule has 1 aliphatic rings. The Morgan fingerprint density at radius 3 is 3.00 bits per heavy atom. The lowest BCUT2D eigenvalue weighted by Crippen LogP contribution is -1.97. The lowest BCUT2D eigenvalue weighted by atomic mass is 10.2. The molecule has 20 heavy (non-hydrogen) atoms. The van der Waals surface area contributed by atoms with Crippen LogP contribution < -0.4 is 0 Å². The van der Waals surface area contributed by atoms with Crippen LogP contribution in [0.4, 0.5) is 0 Å². The van der Waals surface area contributed by atoms with Gasteiger partial charge in [-0.25, -0.2) is 4.79 Å². The number of rotatable bonds is 5. The highest BCUT2D eigenvalue weighted by atomic mass is 35.5. The van der Waals surface area contributed by atoms with E-state index in [1.54, 1.807) is 18.2 Å². The molecular formula is C13H11ClN2O3S. The number of aromatic nitrogens is 2. The third-order valence-corrected chi connectivity index (χ3v) is 4.27. The second kappa shape index (κ2) is 5.46. The molecule has 0 spiro atoms. The Labute approximate surface area is 124 Å². The van der Waals surface area contributed by atoms with Crippen molar-refractivity contribution in [2.45, 2.75) is 29.4 Å². The van der Waals surface area contributed by atoms with Gasteiger partial charge in [-0.15, -0.1) is 11.8 Å². The van der Waals surface area contributed by atoms with Gasteiger partial charge in [0.2, 0.25) is 5.89 Å². The van der Waals surface area contributed by atoms with Gasteiger partial charge in [-0.2, -0.15) is 4.98 Å². The molecule has 0 saturated heterocycles. The van der Waals surface area contributed by atoms with E-state index in [1.165, 1.54) is 11.8 Å². The van der Waals surface area contributed by atoms with E-state index in [4.69, 9.17) is 21.2 Å². The number of benzene rings is 1. The first-order valence-electron chi connectivity index (χ1n) is 6.11. The van der Waals surface area contributed by atoms with Crippen LogP contribution in [-0.4, -0.2) is 21.2 Å². The van der Waals surface area contributed by atoms with Gasteiger partial charge in [-0.3, -0.25) is 0 Å². The summed E-state index contributed by atoms with van der Waals surface area (Å²) in [6.07, 6.45) is 2.24. The molecule has 1 fully saturated rings. The summed E-state index contributed by atoms with van der Waals surface area (Å²) < 4.78 is 5.17. The molecule has 1 heterocycles. The molecule has 7 heteroatoms. The fourth-order valence-electron chi connectivity index (χ4n) is 1.73. The first-order chi connectivity index (χ1) is 9.63. The fourth-order valence-corrected chi connectivity index (χ4v) is 2.71. The van der Waals surface area contributed by atoms with E-state index in [2.05, 4.69) is 10.1 Å². The molecule has 2 aromatic rings. The molecule has 1 aromatic heterocycles. The summed E-state index contributed by atoms with van der Waals surface area (Å²) >= 11 is 7.28. The van der Waals surface area contributed by atoms with Gasteiger partial charge in [0.25, 0.3) is 0 Å². The summed E-state index contributed by atoms with van der Waals surface area (Å²) in [6, 6.07) is 4.91. The van der Waals surface area contributed by atoms with Crippen molar-refractivity contribution < 1.29 is 14.4 Å². The number of nitrogens with zero attached hydrogens (tertiary/aromatic N) is 2. The minimum Gasteiger partial charge on any atom is -0.478 e. The van der Waals surface area contributed by atoms with E-state index in [0.29, 0.717) is 23.4 Å². The number of thioether (sulfide) groups is 1. The minimum atomic E-state index is -1.03. The zero-order valence-corrected chi connectivity index (χ0v) is 11.9. The standard InChI is InChI=1S/C13H11ClN2O3S/c14-10-4-3-8(5-9(10)13(17)18)20-6-11-15-12(19-16-11)7-1-2-7/h3-5,7H,1-2,6H2,(H,17,18). The van der Waals surface area contributed by atoms with Crippen molar-refractivity contribution in [3.8, 4) is 0 Å². The predicted molar refractivity (Wildman–Crippen MR) is 74.2 cm³/mol. The normalized spacial score (nSPS) is 14.4. The molecule has 0 aliphatic heterocycles. The van der Waals surface area contributed by atoms with Crippen molar-refractivity contribution in [2.75, 3.05) is 0 Å². The van der Waals surface area contributed by atoms with Gasteiger partial charge in [0.15, 0.2) is 5.82 Å². The van der Waals surface area contributed by atoms with E-state index in [9.17, 15) is 4.79 Å². The minimum absolute atomic E-state index is 0.100. The van der Waals surface area contributed by atoms with E-state index in [-0.39, 0.29) is 10.6 Å². The average Bonchev–Trinajstić information content (AvgIpc) is 3.17. The van der Waals surface area contributed by atoms with E-state index in [0.717, 1.165) is 17.7 Å². The molecule has 5 nitrogen and oxygen atoms in total. The highest BCUT2D eigenvalue weighted by molar-refractivity contribution is 7.98. The van der Waals surface area contributed by atoms with E-state index >= 15 is 0 Å². The SMILES string of the molecule is O=C(O)c1cc(SCc2noc(C3CC3)n2)ccc1Cl. The molecule has 0 radical (unpaired) electrons. The molecule has 104 valence electrons. The first kappa shape index (κ1) is 13.5. The summed E-state index contributed by atoms with van der Waals surface area (Å²) in [5.74, 6) is 1.28. The Morgan fingerprint density at radius 1 is 1.50 bits per heavy atom. The summed E-state index contributed by atoms with van der Waals surface area (Å²) in [5, 5.41) is 13.2. The Kier molecular flexibility index (Phi) is 3.67. The van der Waals surface area contributed by atoms with Crippen molar-refractivity contribution >= 4 is 29.3 Å². The maximum Gasteiger partial charge on any atom is 0.337 e. The monoisotopic (exact) mass is 310 g/mol. The molecule has 3 rings (SSSR count). The third kappa shape index (κ3) is 2.96. The second-order valence-electron chi connectivity index (χ2n) is 4.56. The number of aromatic carboxylic acids is 1. The molecule has 1 saturated carbocycles. The van der Waals surface area contributed by atoms with Gasteiger partial charge in [-0.1, -0.05) is 16.8 Å². The highest BCUT2D eigenvalue weighted by Gasteiger charge is 2.29. The lowest BCUT2D eigenvalue weighted by Gasteiger charge is -2.02. The zero-order chi connectivity index (χ0) is 14.1. The number of hydrogen-bond acceptors (Lipinski definition) is 5. The summed E-state index contributed by atoms with van der Waals surface area (Å²) in [7, 11) is 0.